The molecule has 28 heavy (non-hydrogen) atoms. The zero-order valence-corrected chi connectivity index (χ0v) is 17.6. The van der Waals surface area contributed by atoms with Crippen LogP contribution in [0.2, 0.25) is 5.02 Å². The van der Waals surface area contributed by atoms with Crippen LogP contribution in [0.1, 0.15) is 20.8 Å². The van der Waals surface area contributed by atoms with Crippen LogP contribution in [0.15, 0.2) is 58.5 Å². The molecule has 3 rings (SSSR count). The Hall–Kier alpha value is -2.31. The van der Waals surface area contributed by atoms with Crippen molar-refractivity contribution >= 4 is 40.2 Å². The minimum Gasteiger partial charge on any atom is -0.353 e. The third-order valence-electron chi connectivity index (χ3n) is 4.53. The van der Waals surface area contributed by atoms with Crippen LogP contribution in [0.3, 0.4) is 0 Å². The Morgan fingerprint density at radius 2 is 1.93 bits per heavy atom. The van der Waals surface area contributed by atoms with Gasteiger partial charge in [0.15, 0.2) is 5.16 Å². The van der Waals surface area contributed by atoms with E-state index in [2.05, 4.69) is 24.1 Å². The molecule has 1 heterocycles. The lowest BCUT2D eigenvalue weighted by atomic mass is 10.1. The van der Waals surface area contributed by atoms with Gasteiger partial charge in [-0.2, -0.15) is 0 Å². The fraction of sp³-hybridized carbons (Fsp3) is 0.286. The van der Waals surface area contributed by atoms with Crippen LogP contribution in [0.25, 0.3) is 16.6 Å². The summed E-state index contributed by atoms with van der Waals surface area (Å²) in [5.41, 5.74) is 1.03. The van der Waals surface area contributed by atoms with Crippen LogP contribution >= 0.6 is 23.4 Å². The third-order valence-corrected chi connectivity index (χ3v) is 5.71. The maximum Gasteiger partial charge on any atom is 0.266 e. The van der Waals surface area contributed by atoms with E-state index in [1.165, 1.54) is 16.3 Å². The lowest BCUT2D eigenvalue weighted by Crippen LogP contribution is -2.37. The number of fused-ring (bicyclic) bond motifs is 1. The van der Waals surface area contributed by atoms with Crippen LogP contribution < -0.4 is 10.9 Å². The van der Waals surface area contributed by atoms with E-state index in [4.69, 9.17) is 11.6 Å². The van der Waals surface area contributed by atoms with Crippen molar-refractivity contribution in [3.05, 3.63) is 63.9 Å². The van der Waals surface area contributed by atoms with Crippen molar-refractivity contribution in [2.45, 2.75) is 32.0 Å². The quantitative estimate of drug-likeness (QED) is 0.481. The van der Waals surface area contributed by atoms with Crippen molar-refractivity contribution in [3.63, 3.8) is 0 Å². The highest BCUT2D eigenvalue weighted by atomic mass is 35.5. The second-order valence-corrected chi connectivity index (χ2v) is 8.30. The van der Waals surface area contributed by atoms with E-state index in [0.717, 1.165) is 0 Å². The minimum atomic E-state index is -0.189. The molecule has 0 bridgehead atoms. The number of thioether (sulfide) groups is 1. The number of rotatable bonds is 6. The summed E-state index contributed by atoms with van der Waals surface area (Å²) in [5, 5.41) is 4.47. The fourth-order valence-electron chi connectivity index (χ4n) is 2.64. The lowest BCUT2D eigenvalue weighted by molar-refractivity contribution is -0.119. The van der Waals surface area contributed by atoms with Crippen LogP contribution in [0, 0.1) is 5.92 Å². The highest BCUT2D eigenvalue weighted by Gasteiger charge is 2.16. The number of carbonyl (C=O) groups is 1. The molecule has 0 aliphatic rings. The van der Waals surface area contributed by atoms with Gasteiger partial charge in [-0.25, -0.2) is 4.98 Å². The van der Waals surface area contributed by atoms with E-state index >= 15 is 0 Å². The number of amides is 1. The van der Waals surface area contributed by atoms with Crippen LogP contribution in [0.5, 0.6) is 0 Å². The molecule has 1 N–H and O–H groups in total. The van der Waals surface area contributed by atoms with E-state index in [0.29, 0.717) is 32.7 Å². The van der Waals surface area contributed by atoms with Gasteiger partial charge >= 0.3 is 0 Å². The highest BCUT2D eigenvalue weighted by molar-refractivity contribution is 7.99. The molecule has 0 aliphatic heterocycles. The lowest BCUT2D eigenvalue weighted by Gasteiger charge is -2.18. The first-order chi connectivity index (χ1) is 13.4. The second kappa shape index (κ2) is 8.80. The Kier molecular flexibility index (Phi) is 6.42. The molecule has 1 aromatic heterocycles. The SMILES string of the molecule is CC(C)C(C)NC(=O)CSc1nc2ccccc2c(=O)n1-c1cccc(Cl)c1. The molecule has 0 fully saturated rings. The third kappa shape index (κ3) is 4.56. The van der Waals surface area contributed by atoms with Crippen molar-refractivity contribution in [3.8, 4) is 5.69 Å². The molecule has 3 aromatic rings. The number of nitrogens with zero attached hydrogens (tertiary/aromatic N) is 2. The van der Waals surface area contributed by atoms with Gasteiger partial charge in [0, 0.05) is 11.1 Å². The minimum absolute atomic E-state index is 0.0767. The number of hydrogen-bond acceptors (Lipinski definition) is 4. The molecule has 146 valence electrons. The van der Waals surface area contributed by atoms with Gasteiger partial charge in [0.1, 0.15) is 0 Å². The number of hydrogen-bond donors (Lipinski definition) is 1. The van der Waals surface area contributed by atoms with Crippen LogP contribution in [-0.2, 0) is 4.79 Å². The number of halogens is 1. The average Bonchev–Trinajstić information content (AvgIpc) is 2.66. The number of nitrogens with one attached hydrogen (secondary N) is 1. The van der Waals surface area contributed by atoms with E-state index in [1.54, 1.807) is 42.5 Å². The molecule has 0 spiro atoms. The van der Waals surface area contributed by atoms with E-state index in [1.807, 2.05) is 13.0 Å². The Morgan fingerprint density at radius 1 is 1.18 bits per heavy atom. The monoisotopic (exact) mass is 415 g/mol. The normalized spacial score (nSPS) is 12.3. The summed E-state index contributed by atoms with van der Waals surface area (Å²) in [6, 6.07) is 14.3. The van der Waals surface area contributed by atoms with Gasteiger partial charge in [-0.3, -0.25) is 14.2 Å². The van der Waals surface area contributed by atoms with Gasteiger partial charge in [-0.15, -0.1) is 0 Å². The molecule has 0 aliphatic carbocycles. The predicted molar refractivity (Wildman–Crippen MR) is 116 cm³/mol. The average molecular weight is 416 g/mol. The van der Waals surface area contributed by atoms with Gasteiger partial charge in [0.05, 0.1) is 22.3 Å². The first-order valence-corrected chi connectivity index (χ1v) is 10.4. The molecule has 7 heteroatoms. The number of para-hydroxylation sites is 1. The van der Waals surface area contributed by atoms with Gasteiger partial charge in [0.25, 0.3) is 5.56 Å². The molecule has 2 aromatic carbocycles. The predicted octanol–water partition coefficient (Wildman–Crippen LogP) is 4.29. The molecular weight excluding hydrogens is 394 g/mol. The summed E-state index contributed by atoms with van der Waals surface area (Å²) in [6.07, 6.45) is 0. The zero-order chi connectivity index (χ0) is 20.3. The summed E-state index contributed by atoms with van der Waals surface area (Å²) in [6.45, 7) is 6.09. The molecule has 1 atom stereocenters. The zero-order valence-electron chi connectivity index (χ0n) is 16.0. The molecule has 0 saturated heterocycles. The van der Waals surface area contributed by atoms with Gasteiger partial charge in [-0.05, 0) is 43.2 Å². The number of benzene rings is 2. The summed E-state index contributed by atoms with van der Waals surface area (Å²) in [5.74, 6) is 0.422. The summed E-state index contributed by atoms with van der Waals surface area (Å²) in [7, 11) is 0. The van der Waals surface area contributed by atoms with E-state index in [9.17, 15) is 9.59 Å². The molecule has 0 saturated carbocycles. The molecule has 1 amide bonds. The Bertz CT molecular complexity index is 1060. The molecular formula is C21H22ClN3O2S. The molecule has 1 unspecified atom stereocenters. The molecule has 0 radical (unpaired) electrons. The van der Waals surface area contributed by atoms with E-state index in [-0.39, 0.29) is 23.3 Å². The Balaban J connectivity index is 2.00. The highest BCUT2D eigenvalue weighted by Crippen LogP contribution is 2.23. The maximum atomic E-state index is 13.1. The summed E-state index contributed by atoms with van der Waals surface area (Å²) < 4.78 is 1.51. The van der Waals surface area contributed by atoms with Crippen molar-refractivity contribution < 1.29 is 4.79 Å². The van der Waals surface area contributed by atoms with Crippen LogP contribution in [-0.4, -0.2) is 27.3 Å². The van der Waals surface area contributed by atoms with Crippen molar-refractivity contribution in [1.29, 1.82) is 0 Å². The smallest absolute Gasteiger partial charge is 0.266 e. The van der Waals surface area contributed by atoms with Gasteiger partial charge in [-0.1, -0.05) is 55.4 Å². The van der Waals surface area contributed by atoms with E-state index < -0.39 is 0 Å². The van der Waals surface area contributed by atoms with Crippen molar-refractivity contribution in [1.82, 2.24) is 14.9 Å². The second-order valence-electron chi connectivity index (χ2n) is 6.92. The fourth-order valence-corrected chi connectivity index (χ4v) is 3.65. The van der Waals surface area contributed by atoms with Crippen LogP contribution in [0.4, 0.5) is 0 Å². The first kappa shape index (κ1) is 20.4. The number of aromatic nitrogens is 2. The Morgan fingerprint density at radius 3 is 2.64 bits per heavy atom. The largest absolute Gasteiger partial charge is 0.353 e. The Labute approximate surface area is 173 Å². The van der Waals surface area contributed by atoms with Gasteiger partial charge in [0.2, 0.25) is 5.91 Å². The molecule has 5 nitrogen and oxygen atoms in total. The summed E-state index contributed by atoms with van der Waals surface area (Å²) >= 11 is 7.36. The maximum absolute atomic E-state index is 13.1. The van der Waals surface area contributed by atoms with Gasteiger partial charge < -0.3 is 5.32 Å². The first-order valence-electron chi connectivity index (χ1n) is 9.06. The van der Waals surface area contributed by atoms with Crippen molar-refractivity contribution in [2.75, 3.05) is 5.75 Å². The standard InChI is InChI=1S/C21H22ClN3O2S/c1-13(2)14(3)23-19(26)12-28-21-24-18-10-5-4-9-17(18)20(27)25(21)16-8-6-7-15(22)11-16/h4-11,13-14H,12H2,1-3H3,(H,23,26). The number of carbonyl (C=O) groups excluding carboxylic acids is 1. The van der Waals surface area contributed by atoms with Crippen molar-refractivity contribution in [2.24, 2.45) is 5.92 Å². The summed E-state index contributed by atoms with van der Waals surface area (Å²) in [4.78, 5) is 30.1. The topological polar surface area (TPSA) is 64.0 Å².